The zero-order valence-corrected chi connectivity index (χ0v) is 35.8. The van der Waals surface area contributed by atoms with Crippen LogP contribution in [-0.4, -0.2) is 0 Å². The van der Waals surface area contributed by atoms with Gasteiger partial charge >= 0.3 is 0 Å². The van der Waals surface area contributed by atoms with E-state index in [1.54, 1.807) is 0 Å². The highest BCUT2D eigenvalue weighted by Crippen LogP contribution is 2.44. The fourth-order valence-electron chi connectivity index (χ4n) is 9.95. The maximum atomic E-state index is 2.37. The van der Waals surface area contributed by atoms with Crippen LogP contribution in [0.25, 0.3) is 98.7 Å². The Labute approximate surface area is 379 Å². The van der Waals surface area contributed by atoms with Crippen molar-refractivity contribution in [3.63, 3.8) is 0 Å². The number of benzene rings is 12. The summed E-state index contributed by atoms with van der Waals surface area (Å²) in [5.74, 6) is 0. The second-order valence-corrected chi connectivity index (χ2v) is 16.8. The fourth-order valence-corrected chi connectivity index (χ4v) is 9.95. The Morgan fingerprint density at radius 3 is 0.923 bits per heavy atom. The molecule has 0 unspecified atom stereocenters. The normalized spacial score (nSPS) is 11.4. The van der Waals surface area contributed by atoms with Gasteiger partial charge < -0.3 is 4.90 Å². The number of hydrogen-bond donors (Lipinski definition) is 0. The zero-order valence-electron chi connectivity index (χ0n) is 35.8. The molecule has 0 aliphatic rings. The van der Waals surface area contributed by atoms with E-state index in [4.69, 9.17) is 0 Å². The molecule has 0 bridgehead atoms. The van der Waals surface area contributed by atoms with Crippen LogP contribution in [0.4, 0.5) is 17.1 Å². The molecule has 12 rings (SSSR count). The molecule has 0 atom stereocenters. The zero-order chi connectivity index (χ0) is 43.1. The molecule has 0 aliphatic carbocycles. The Balaban J connectivity index is 0.947. The second kappa shape index (κ2) is 16.3. The first-order valence-electron chi connectivity index (χ1n) is 22.4. The molecule has 0 amide bonds. The molecule has 12 aromatic rings. The first kappa shape index (κ1) is 38.2. The standard InChI is InChI=1S/C64H43N/c1-2-16-44(17-3-1)45-30-36-50(37-31-45)65(51-38-32-46(33-39-51)53-20-8-10-26-59(53)63-42-48-18-4-6-22-55(48)57-24-12-14-28-61(57)63)52-40-34-47(35-41-52)54-21-9-11-27-60(54)64-43-49-19-5-7-23-56(49)58-25-13-15-29-62(58)64/h1-43H. The largest absolute Gasteiger partial charge is 0.311 e. The molecule has 65 heavy (non-hydrogen) atoms. The summed E-state index contributed by atoms with van der Waals surface area (Å²) in [5, 5.41) is 10.1. The molecule has 304 valence electrons. The lowest BCUT2D eigenvalue weighted by molar-refractivity contribution is 1.28. The van der Waals surface area contributed by atoms with Crippen LogP contribution >= 0.6 is 0 Å². The van der Waals surface area contributed by atoms with E-state index in [2.05, 4.69) is 266 Å². The molecule has 0 N–H and O–H groups in total. The summed E-state index contributed by atoms with van der Waals surface area (Å²) in [4.78, 5) is 2.37. The molecule has 0 spiro atoms. The monoisotopic (exact) mass is 825 g/mol. The van der Waals surface area contributed by atoms with Crippen molar-refractivity contribution in [1.82, 2.24) is 0 Å². The maximum absolute atomic E-state index is 2.37. The smallest absolute Gasteiger partial charge is 0.0462 e. The van der Waals surface area contributed by atoms with Gasteiger partial charge in [-0.1, -0.05) is 212 Å². The molecular weight excluding hydrogens is 783 g/mol. The summed E-state index contributed by atoms with van der Waals surface area (Å²) in [7, 11) is 0. The molecule has 0 fully saturated rings. The van der Waals surface area contributed by atoms with Gasteiger partial charge in [0.25, 0.3) is 0 Å². The van der Waals surface area contributed by atoms with E-state index < -0.39 is 0 Å². The summed E-state index contributed by atoms with van der Waals surface area (Å²) in [6.07, 6.45) is 0. The summed E-state index contributed by atoms with van der Waals surface area (Å²) >= 11 is 0. The van der Waals surface area contributed by atoms with E-state index in [9.17, 15) is 0 Å². The summed E-state index contributed by atoms with van der Waals surface area (Å²) < 4.78 is 0. The Kier molecular flexibility index (Phi) is 9.58. The predicted octanol–water partition coefficient (Wildman–Crippen LogP) is 18.1. The van der Waals surface area contributed by atoms with Crippen molar-refractivity contribution in [1.29, 1.82) is 0 Å². The Hall–Kier alpha value is -8.52. The molecule has 0 saturated carbocycles. The van der Waals surface area contributed by atoms with Crippen molar-refractivity contribution in [2.24, 2.45) is 0 Å². The first-order chi connectivity index (χ1) is 32.2. The average Bonchev–Trinajstić information content (AvgIpc) is 3.39. The third kappa shape index (κ3) is 6.92. The molecule has 1 heteroatoms. The van der Waals surface area contributed by atoms with Gasteiger partial charge in [-0.2, -0.15) is 0 Å². The first-order valence-corrected chi connectivity index (χ1v) is 22.4. The van der Waals surface area contributed by atoms with Gasteiger partial charge in [-0.3, -0.25) is 0 Å². The molecule has 0 heterocycles. The lowest BCUT2D eigenvalue weighted by Gasteiger charge is -2.26. The van der Waals surface area contributed by atoms with E-state index in [-0.39, 0.29) is 0 Å². The number of hydrogen-bond acceptors (Lipinski definition) is 1. The van der Waals surface area contributed by atoms with Gasteiger partial charge in [-0.15, -0.1) is 0 Å². The molecule has 0 aromatic heterocycles. The van der Waals surface area contributed by atoms with Gasteiger partial charge in [-0.25, -0.2) is 0 Å². The SMILES string of the molecule is c1ccc(-c2ccc(N(c3ccc(-c4ccccc4-c4cc5ccccc5c5ccccc45)cc3)c3ccc(-c4ccccc4-c4cc5ccccc5c5ccccc45)cc3)cc2)cc1. The van der Waals surface area contributed by atoms with Crippen LogP contribution in [0.5, 0.6) is 0 Å². The van der Waals surface area contributed by atoms with Crippen LogP contribution in [0.15, 0.2) is 261 Å². The van der Waals surface area contributed by atoms with Crippen LogP contribution in [0.1, 0.15) is 0 Å². The van der Waals surface area contributed by atoms with E-state index in [1.165, 1.54) is 98.7 Å². The third-order valence-corrected chi connectivity index (χ3v) is 13.1. The van der Waals surface area contributed by atoms with Gasteiger partial charge in [0.1, 0.15) is 0 Å². The summed E-state index contributed by atoms with van der Waals surface area (Å²) in [5.41, 5.74) is 15.4. The van der Waals surface area contributed by atoms with Crippen LogP contribution in [0, 0.1) is 0 Å². The molecule has 0 aliphatic heterocycles. The van der Waals surface area contributed by atoms with Gasteiger partial charge in [-0.05, 0) is 147 Å². The third-order valence-electron chi connectivity index (χ3n) is 13.1. The highest BCUT2D eigenvalue weighted by molar-refractivity contribution is 6.16. The maximum Gasteiger partial charge on any atom is 0.0462 e. The van der Waals surface area contributed by atoms with Crippen LogP contribution in [0.2, 0.25) is 0 Å². The van der Waals surface area contributed by atoms with Crippen LogP contribution in [-0.2, 0) is 0 Å². The van der Waals surface area contributed by atoms with Crippen molar-refractivity contribution in [3.05, 3.63) is 261 Å². The minimum atomic E-state index is 1.09. The Bertz CT molecular complexity index is 3470. The van der Waals surface area contributed by atoms with Gasteiger partial charge in [0.2, 0.25) is 0 Å². The van der Waals surface area contributed by atoms with Gasteiger partial charge in [0.15, 0.2) is 0 Å². The minimum Gasteiger partial charge on any atom is -0.311 e. The molecule has 1 nitrogen and oxygen atoms in total. The lowest BCUT2D eigenvalue weighted by Crippen LogP contribution is -2.09. The molecular formula is C64H43N. The Morgan fingerprint density at radius 1 is 0.185 bits per heavy atom. The molecule has 0 saturated heterocycles. The average molecular weight is 826 g/mol. The predicted molar refractivity (Wildman–Crippen MR) is 278 cm³/mol. The van der Waals surface area contributed by atoms with E-state index in [0.717, 1.165) is 17.1 Å². The summed E-state index contributed by atoms with van der Waals surface area (Å²) in [6.45, 7) is 0. The van der Waals surface area contributed by atoms with E-state index >= 15 is 0 Å². The van der Waals surface area contributed by atoms with E-state index in [0.29, 0.717) is 0 Å². The number of nitrogens with zero attached hydrogens (tertiary/aromatic N) is 1. The van der Waals surface area contributed by atoms with Crippen LogP contribution in [0.3, 0.4) is 0 Å². The fraction of sp³-hybridized carbons (Fsp3) is 0. The minimum absolute atomic E-state index is 1.09. The topological polar surface area (TPSA) is 3.24 Å². The highest BCUT2D eigenvalue weighted by Gasteiger charge is 2.18. The van der Waals surface area contributed by atoms with Crippen molar-refractivity contribution < 1.29 is 0 Å². The molecule has 12 aromatic carbocycles. The quantitative estimate of drug-likeness (QED) is 0.138. The number of rotatable bonds is 8. The highest BCUT2D eigenvalue weighted by atomic mass is 15.1. The number of anilines is 3. The molecule has 0 radical (unpaired) electrons. The van der Waals surface area contributed by atoms with Gasteiger partial charge in [0.05, 0.1) is 0 Å². The van der Waals surface area contributed by atoms with E-state index in [1.807, 2.05) is 0 Å². The van der Waals surface area contributed by atoms with Crippen LogP contribution < -0.4 is 4.90 Å². The lowest BCUT2D eigenvalue weighted by atomic mass is 9.89. The number of fused-ring (bicyclic) bond motifs is 6. The van der Waals surface area contributed by atoms with Crippen molar-refractivity contribution >= 4 is 60.2 Å². The van der Waals surface area contributed by atoms with Crippen molar-refractivity contribution in [2.75, 3.05) is 4.90 Å². The Morgan fingerprint density at radius 2 is 0.492 bits per heavy atom. The second-order valence-electron chi connectivity index (χ2n) is 16.8. The summed E-state index contributed by atoms with van der Waals surface area (Å²) in [6, 6.07) is 95.1. The van der Waals surface area contributed by atoms with Crippen molar-refractivity contribution in [2.45, 2.75) is 0 Å². The van der Waals surface area contributed by atoms with Crippen molar-refractivity contribution in [3.8, 4) is 55.6 Å². The van der Waals surface area contributed by atoms with Gasteiger partial charge in [0, 0.05) is 17.1 Å².